The van der Waals surface area contributed by atoms with Crippen molar-refractivity contribution in [2.24, 2.45) is 5.92 Å². The third kappa shape index (κ3) is 3.17. The van der Waals surface area contributed by atoms with Gasteiger partial charge in [0.15, 0.2) is 17.3 Å². The number of anilines is 1. The largest absolute Gasteiger partial charge is 0.480 e. The molecule has 2 saturated carbocycles. The van der Waals surface area contributed by atoms with E-state index in [1.807, 2.05) is 25.1 Å². The summed E-state index contributed by atoms with van der Waals surface area (Å²) in [6.07, 6.45) is 4.35. The fraction of sp³-hybridized carbons (Fsp3) is 0.500. The third-order valence-electron chi connectivity index (χ3n) is 5.92. The number of benzene rings is 1. The average molecular weight is 380 g/mol. The van der Waals surface area contributed by atoms with E-state index in [1.165, 1.54) is 12.8 Å². The van der Waals surface area contributed by atoms with Crippen LogP contribution in [0.5, 0.6) is 0 Å². The molecule has 2 heterocycles. The van der Waals surface area contributed by atoms with E-state index in [0.29, 0.717) is 18.0 Å². The first-order valence-corrected chi connectivity index (χ1v) is 9.91. The molecule has 8 nitrogen and oxygen atoms in total. The van der Waals surface area contributed by atoms with Crippen LogP contribution < -0.4 is 5.32 Å². The summed E-state index contributed by atoms with van der Waals surface area (Å²) in [5.41, 5.74) is 0.766. The van der Waals surface area contributed by atoms with Gasteiger partial charge in [0.05, 0.1) is 6.54 Å². The molecule has 2 aromatic heterocycles. The van der Waals surface area contributed by atoms with Crippen molar-refractivity contribution in [1.82, 2.24) is 24.7 Å². The molecule has 0 spiro atoms. The molecule has 0 radical (unpaired) electrons. The van der Waals surface area contributed by atoms with Crippen molar-refractivity contribution in [3.8, 4) is 0 Å². The van der Waals surface area contributed by atoms with Crippen LogP contribution in [-0.4, -0.2) is 61.0 Å². The molecule has 28 heavy (non-hydrogen) atoms. The smallest absolute Gasteiger partial charge is 0.317 e. The molecule has 0 atom stereocenters. The molecule has 0 aliphatic heterocycles. The summed E-state index contributed by atoms with van der Waals surface area (Å²) < 4.78 is 1.78. The van der Waals surface area contributed by atoms with E-state index in [4.69, 9.17) is 5.10 Å². The number of hydrogen-bond donors (Lipinski definition) is 2. The van der Waals surface area contributed by atoms with Crippen molar-refractivity contribution in [3.05, 3.63) is 30.1 Å². The molecule has 2 aliphatic carbocycles. The van der Waals surface area contributed by atoms with Gasteiger partial charge in [0.25, 0.3) is 0 Å². The van der Waals surface area contributed by atoms with Crippen molar-refractivity contribution in [3.63, 3.8) is 0 Å². The van der Waals surface area contributed by atoms with Gasteiger partial charge in [0, 0.05) is 29.4 Å². The van der Waals surface area contributed by atoms with Gasteiger partial charge in [-0.15, -0.1) is 15.3 Å². The summed E-state index contributed by atoms with van der Waals surface area (Å²) in [6.45, 7) is 2.95. The number of hydrogen-bond acceptors (Lipinski definition) is 6. The second-order valence-corrected chi connectivity index (χ2v) is 8.11. The SMILES string of the molecule is Cc1nnc2c3ccccc3c(NC3CC(N(CC(=O)O)CC4CC4)C3)nn12. The zero-order chi connectivity index (χ0) is 19.3. The molecule has 0 amide bonds. The minimum absolute atomic E-state index is 0.140. The second kappa shape index (κ2) is 6.70. The molecule has 3 aromatic rings. The monoisotopic (exact) mass is 380 g/mol. The van der Waals surface area contributed by atoms with E-state index in [2.05, 4.69) is 26.5 Å². The minimum atomic E-state index is -0.738. The van der Waals surface area contributed by atoms with Crippen LogP contribution in [-0.2, 0) is 4.79 Å². The van der Waals surface area contributed by atoms with Gasteiger partial charge < -0.3 is 10.4 Å². The predicted octanol–water partition coefficient (Wildman–Crippen LogP) is 2.33. The Morgan fingerprint density at radius 2 is 2.00 bits per heavy atom. The lowest BCUT2D eigenvalue weighted by Crippen LogP contribution is -2.52. The van der Waals surface area contributed by atoms with Crippen LogP contribution in [0.25, 0.3) is 16.4 Å². The van der Waals surface area contributed by atoms with Gasteiger partial charge in [0.2, 0.25) is 0 Å². The molecule has 146 valence electrons. The van der Waals surface area contributed by atoms with Crippen LogP contribution in [0.15, 0.2) is 24.3 Å². The molecule has 2 N–H and O–H groups in total. The van der Waals surface area contributed by atoms with Crippen LogP contribution in [0, 0.1) is 12.8 Å². The fourth-order valence-corrected chi connectivity index (χ4v) is 4.14. The van der Waals surface area contributed by atoms with E-state index in [1.54, 1.807) is 4.52 Å². The van der Waals surface area contributed by atoms with Crippen LogP contribution in [0.4, 0.5) is 5.82 Å². The number of rotatable bonds is 7. The number of carboxylic acids is 1. The highest BCUT2D eigenvalue weighted by Gasteiger charge is 2.37. The van der Waals surface area contributed by atoms with Gasteiger partial charge in [-0.2, -0.15) is 4.52 Å². The Morgan fingerprint density at radius 1 is 1.25 bits per heavy atom. The Labute approximate surface area is 162 Å². The number of aromatic nitrogens is 4. The molecule has 8 heteroatoms. The lowest BCUT2D eigenvalue weighted by atomic mass is 9.85. The Hall–Kier alpha value is -2.74. The van der Waals surface area contributed by atoms with Crippen molar-refractivity contribution >= 4 is 28.2 Å². The standard InChI is InChI=1S/C20H24N6O2/c1-12-22-23-20-17-5-3-2-4-16(17)19(24-26(12)20)21-14-8-15(9-14)25(11-18(27)28)10-13-6-7-13/h2-5,13-15H,6-11H2,1H3,(H,21,24)(H,27,28). The minimum Gasteiger partial charge on any atom is -0.480 e. The number of aryl methyl sites for hydroxylation is 1. The van der Waals surface area contributed by atoms with E-state index >= 15 is 0 Å². The van der Waals surface area contributed by atoms with Crippen LogP contribution >= 0.6 is 0 Å². The second-order valence-electron chi connectivity index (χ2n) is 8.11. The van der Waals surface area contributed by atoms with E-state index < -0.39 is 5.97 Å². The first-order chi connectivity index (χ1) is 13.6. The van der Waals surface area contributed by atoms with Crippen molar-refractivity contribution in [2.45, 2.75) is 44.7 Å². The summed E-state index contributed by atoms with van der Waals surface area (Å²) in [7, 11) is 0. The maximum absolute atomic E-state index is 11.2. The quantitative estimate of drug-likeness (QED) is 0.649. The number of nitrogens with zero attached hydrogens (tertiary/aromatic N) is 5. The van der Waals surface area contributed by atoms with Crippen molar-refractivity contribution < 1.29 is 9.90 Å². The summed E-state index contributed by atoms with van der Waals surface area (Å²) in [5, 5.41) is 28.0. The zero-order valence-electron chi connectivity index (χ0n) is 15.9. The molecule has 0 unspecified atom stereocenters. The molecule has 5 rings (SSSR count). The Balaban J connectivity index is 1.34. The number of aliphatic carboxylic acids is 1. The first kappa shape index (κ1) is 17.4. The van der Waals surface area contributed by atoms with Gasteiger partial charge in [-0.05, 0) is 38.5 Å². The van der Waals surface area contributed by atoms with E-state index in [0.717, 1.165) is 47.4 Å². The number of carboxylic acid groups (broad SMARTS) is 1. The summed E-state index contributed by atoms with van der Waals surface area (Å²) >= 11 is 0. The zero-order valence-corrected chi connectivity index (χ0v) is 15.9. The Morgan fingerprint density at radius 3 is 2.71 bits per heavy atom. The average Bonchev–Trinajstić information content (AvgIpc) is 3.38. The van der Waals surface area contributed by atoms with Crippen molar-refractivity contribution in [1.29, 1.82) is 0 Å². The van der Waals surface area contributed by atoms with Crippen molar-refractivity contribution in [2.75, 3.05) is 18.4 Å². The van der Waals surface area contributed by atoms with Gasteiger partial charge in [-0.25, -0.2) is 0 Å². The van der Waals surface area contributed by atoms with Gasteiger partial charge >= 0.3 is 5.97 Å². The predicted molar refractivity (Wildman–Crippen MR) is 105 cm³/mol. The molecular weight excluding hydrogens is 356 g/mol. The van der Waals surface area contributed by atoms with Gasteiger partial charge in [0.1, 0.15) is 0 Å². The van der Waals surface area contributed by atoms with Gasteiger partial charge in [-0.3, -0.25) is 9.69 Å². The molecule has 1 aromatic carbocycles. The summed E-state index contributed by atoms with van der Waals surface area (Å²) in [6, 6.07) is 8.72. The molecule has 2 aliphatic rings. The summed E-state index contributed by atoms with van der Waals surface area (Å²) in [5.74, 6) is 1.54. The number of nitrogens with one attached hydrogen (secondary N) is 1. The molecule has 0 bridgehead atoms. The maximum atomic E-state index is 11.2. The van der Waals surface area contributed by atoms with Gasteiger partial charge in [-0.1, -0.05) is 24.3 Å². The molecular formula is C20H24N6O2. The van der Waals surface area contributed by atoms with Crippen LogP contribution in [0.1, 0.15) is 31.5 Å². The lowest BCUT2D eigenvalue weighted by molar-refractivity contribution is -0.139. The first-order valence-electron chi connectivity index (χ1n) is 9.91. The van der Waals surface area contributed by atoms with E-state index in [9.17, 15) is 9.90 Å². The summed E-state index contributed by atoms with van der Waals surface area (Å²) in [4.78, 5) is 13.4. The van der Waals surface area contributed by atoms with Crippen LogP contribution in [0.3, 0.4) is 0 Å². The Bertz CT molecular complexity index is 1040. The molecule has 0 saturated heterocycles. The third-order valence-corrected chi connectivity index (χ3v) is 5.92. The highest BCUT2D eigenvalue weighted by atomic mass is 16.4. The fourth-order valence-electron chi connectivity index (χ4n) is 4.14. The highest BCUT2D eigenvalue weighted by molar-refractivity contribution is 5.99. The van der Waals surface area contributed by atoms with E-state index in [-0.39, 0.29) is 6.54 Å². The number of fused-ring (bicyclic) bond motifs is 3. The number of carbonyl (C=O) groups is 1. The highest BCUT2D eigenvalue weighted by Crippen LogP contribution is 2.35. The maximum Gasteiger partial charge on any atom is 0.317 e. The Kier molecular flexibility index (Phi) is 4.16. The molecule has 2 fully saturated rings. The normalized spacial score (nSPS) is 21.9. The topological polar surface area (TPSA) is 95.7 Å². The lowest BCUT2D eigenvalue weighted by Gasteiger charge is -2.43. The van der Waals surface area contributed by atoms with Crippen LogP contribution in [0.2, 0.25) is 0 Å².